The number of benzene rings is 2. The molecule has 0 spiro atoms. The summed E-state index contributed by atoms with van der Waals surface area (Å²) in [6, 6.07) is 11.0. The van der Waals surface area contributed by atoms with Crippen molar-refractivity contribution in [3.05, 3.63) is 58.4 Å². The monoisotopic (exact) mass is 353 g/mol. The van der Waals surface area contributed by atoms with Gasteiger partial charge in [0, 0.05) is 33.5 Å². The first-order valence-corrected chi connectivity index (χ1v) is 9.13. The molecule has 2 N–H and O–H groups in total. The van der Waals surface area contributed by atoms with Crippen LogP contribution in [0.4, 0.5) is 4.39 Å². The van der Waals surface area contributed by atoms with E-state index in [1.54, 1.807) is 23.9 Å². The first kappa shape index (κ1) is 18.3. The summed E-state index contributed by atoms with van der Waals surface area (Å²) in [6.45, 7) is 3.40. The molecule has 0 bridgehead atoms. The summed E-state index contributed by atoms with van der Waals surface area (Å²) in [4.78, 5) is 0. The molecule has 124 valence electrons. The second kappa shape index (κ2) is 8.69. The second-order valence-corrected chi connectivity index (χ2v) is 6.83. The summed E-state index contributed by atoms with van der Waals surface area (Å²) in [6.07, 6.45) is 1.97. The average Bonchev–Trinajstić information content (AvgIpc) is 2.56. The number of rotatable bonds is 7. The molecule has 2 aromatic carbocycles. The van der Waals surface area contributed by atoms with E-state index in [2.05, 4.69) is 0 Å². The first-order chi connectivity index (χ1) is 11.1. The number of hydrogen-bond donors (Lipinski definition) is 1. The van der Waals surface area contributed by atoms with Crippen LogP contribution in [0.3, 0.4) is 0 Å². The normalized spacial score (nSPS) is 12.4. The predicted octanol–water partition coefficient (Wildman–Crippen LogP) is 5.05. The van der Waals surface area contributed by atoms with E-state index in [0.29, 0.717) is 41.5 Å². The largest absolute Gasteiger partial charge is 0.375 e. The van der Waals surface area contributed by atoms with E-state index in [9.17, 15) is 4.39 Å². The second-order valence-electron chi connectivity index (χ2n) is 5.24. The number of hydrogen-bond acceptors (Lipinski definition) is 3. The minimum absolute atomic E-state index is 0.0878. The van der Waals surface area contributed by atoms with Crippen LogP contribution in [0.25, 0.3) is 11.1 Å². The fourth-order valence-electron chi connectivity index (χ4n) is 2.34. The van der Waals surface area contributed by atoms with Gasteiger partial charge in [-0.2, -0.15) is 11.8 Å². The van der Waals surface area contributed by atoms with Gasteiger partial charge in [-0.25, -0.2) is 4.39 Å². The van der Waals surface area contributed by atoms with Gasteiger partial charge >= 0.3 is 0 Å². The van der Waals surface area contributed by atoms with Gasteiger partial charge in [0.15, 0.2) is 0 Å². The molecule has 5 heteroatoms. The molecule has 1 atom stereocenters. The molecular formula is C18H21ClFNOS. The molecule has 0 aromatic heterocycles. The highest BCUT2D eigenvalue weighted by atomic mass is 35.5. The van der Waals surface area contributed by atoms with Crippen LogP contribution < -0.4 is 5.73 Å². The van der Waals surface area contributed by atoms with E-state index >= 15 is 0 Å². The summed E-state index contributed by atoms with van der Waals surface area (Å²) in [7, 11) is 0. The molecule has 0 aliphatic heterocycles. The van der Waals surface area contributed by atoms with Crippen LogP contribution in [-0.4, -0.2) is 19.4 Å². The maximum Gasteiger partial charge on any atom is 0.135 e. The third kappa shape index (κ3) is 4.48. The maximum absolute atomic E-state index is 14.9. The summed E-state index contributed by atoms with van der Waals surface area (Å²) >= 11 is 7.91. The van der Waals surface area contributed by atoms with Gasteiger partial charge < -0.3 is 10.5 Å². The molecule has 0 saturated heterocycles. The molecule has 0 aliphatic rings. The molecule has 0 radical (unpaired) electrons. The highest BCUT2D eigenvalue weighted by Crippen LogP contribution is 2.36. The van der Waals surface area contributed by atoms with Gasteiger partial charge in [-0.1, -0.05) is 35.9 Å². The average molecular weight is 354 g/mol. The van der Waals surface area contributed by atoms with Gasteiger partial charge in [-0.3, -0.25) is 0 Å². The van der Waals surface area contributed by atoms with Gasteiger partial charge in [0.25, 0.3) is 0 Å². The zero-order chi connectivity index (χ0) is 16.8. The van der Waals surface area contributed by atoms with Crippen molar-refractivity contribution in [1.82, 2.24) is 0 Å². The summed E-state index contributed by atoms with van der Waals surface area (Å²) < 4.78 is 20.3. The first-order valence-electron chi connectivity index (χ1n) is 7.46. The zero-order valence-corrected chi connectivity index (χ0v) is 14.9. The third-order valence-electron chi connectivity index (χ3n) is 3.67. The van der Waals surface area contributed by atoms with Crippen molar-refractivity contribution in [1.29, 1.82) is 0 Å². The Morgan fingerprint density at radius 2 is 2.04 bits per heavy atom. The van der Waals surface area contributed by atoms with E-state index in [1.807, 2.05) is 37.4 Å². The Bertz CT molecular complexity index is 665. The Morgan fingerprint density at radius 3 is 2.74 bits per heavy atom. The highest BCUT2D eigenvalue weighted by Gasteiger charge is 2.16. The summed E-state index contributed by atoms with van der Waals surface area (Å²) in [5.74, 6) is -0.212. The van der Waals surface area contributed by atoms with E-state index in [0.717, 1.165) is 5.56 Å². The molecule has 2 aromatic rings. The van der Waals surface area contributed by atoms with Gasteiger partial charge in [0.1, 0.15) is 5.82 Å². The number of ether oxygens (including phenoxy) is 1. The molecule has 23 heavy (non-hydrogen) atoms. The quantitative estimate of drug-likeness (QED) is 0.708. The lowest BCUT2D eigenvalue weighted by Crippen LogP contribution is -2.08. The van der Waals surface area contributed by atoms with Crippen LogP contribution in [0.5, 0.6) is 0 Å². The standard InChI is InChI=1S/C18H21ClFNOS/c1-12(23-2)14-4-3-5-15(18(14)20)16-10-13(6-7-17(16)19)11-22-9-8-21/h3-7,10,12H,8-9,11,21H2,1-2H3. The number of halogens is 2. The lowest BCUT2D eigenvalue weighted by Gasteiger charge is -2.14. The smallest absolute Gasteiger partial charge is 0.135 e. The Kier molecular flexibility index (Phi) is 6.90. The maximum atomic E-state index is 14.9. The van der Waals surface area contributed by atoms with E-state index in [4.69, 9.17) is 22.1 Å². The molecule has 2 nitrogen and oxygen atoms in total. The lowest BCUT2D eigenvalue weighted by molar-refractivity contribution is 0.128. The Morgan fingerprint density at radius 1 is 1.26 bits per heavy atom. The van der Waals surface area contributed by atoms with Crippen molar-refractivity contribution in [3.8, 4) is 11.1 Å². The minimum Gasteiger partial charge on any atom is -0.375 e. The van der Waals surface area contributed by atoms with Crippen LogP contribution in [0.1, 0.15) is 23.3 Å². The van der Waals surface area contributed by atoms with E-state index in [-0.39, 0.29) is 11.1 Å². The number of thioether (sulfide) groups is 1. The van der Waals surface area contributed by atoms with Crippen molar-refractivity contribution >= 4 is 23.4 Å². The van der Waals surface area contributed by atoms with Crippen molar-refractivity contribution in [3.63, 3.8) is 0 Å². The highest BCUT2D eigenvalue weighted by molar-refractivity contribution is 7.98. The number of nitrogens with two attached hydrogens (primary N) is 1. The minimum atomic E-state index is -0.212. The molecule has 0 aliphatic carbocycles. The SMILES string of the molecule is CSC(C)c1cccc(-c2cc(COCCN)ccc2Cl)c1F. The van der Waals surface area contributed by atoms with Crippen LogP contribution in [0.2, 0.25) is 5.02 Å². The Labute approximate surface area is 146 Å². The van der Waals surface area contributed by atoms with Crippen LogP contribution in [0, 0.1) is 5.82 Å². The molecular weight excluding hydrogens is 333 g/mol. The molecule has 0 saturated carbocycles. The molecule has 0 heterocycles. The van der Waals surface area contributed by atoms with Gasteiger partial charge in [0.2, 0.25) is 0 Å². The van der Waals surface area contributed by atoms with Crippen LogP contribution in [-0.2, 0) is 11.3 Å². The fraction of sp³-hybridized carbons (Fsp3) is 0.333. The van der Waals surface area contributed by atoms with Gasteiger partial charge in [-0.05, 0) is 30.9 Å². The van der Waals surface area contributed by atoms with Gasteiger partial charge in [-0.15, -0.1) is 0 Å². The van der Waals surface area contributed by atoms with Crippen molar-refractivity contribution < 1.29 is 9.13 Å². The van der Waals surface area contributed by atoms with Crippen molar-refractivity contribution in [2.75, 3.05) is 19.4 Å². The summed E-state index contributed by atoms with van der Waals surface area (Å²) in [5.41, 5.74) is 8.26. The molecule has 0 amide bonds. The van der Waals surface area contributed by atoms with E-state index in [1.165, 1.54) is 0 Å². The third-order valence-corrected chi connectivity index (χ3v) is 4.96. The fourth-order valence-corrected chi connectivity index (χ4v) is 3.00. The Balaban J connectivity index is 2.39. The zero-order valence-electron chi connectivity index (χ0n) is 13.3. The molecule has 2 rings (SSSR count). The van der Waals surface area contributed by atoms with E-state index < -0.39 is 0 Å². The molecule has 0 fully saturated rings. The van der Waals surface area contributed by atoms with Gasteiger partial charge in [0.05, 0.1) is 13.2 Å². The predicted molar refractivity (Wildman–Crippen MR) is 97.5 cm³/mol. The van der Waals surface area contributed by atoms with Crippen molar-refractivity contribution in [2.24, 2.45) is 5.73 Å². The lowest BCUT2D eigenvalue weighted by atomic mass is 9.99. The topological polar surface area (TPSA) is 35.2 Å². The Hall–Kier alpha value is -1.07. The van der Waals surface area contributed by atoms with Crippen LogP contribution in [0.15, 0.2) is 36.4 Å². The summed E-state index contributed by atoms with van der Waals surface area (Å²) in [5, 5.41) is 0.616. The van der Waals surface area contributed by atoms with Crippen molar-refractivity contribution in [2.45, 2.75) is 18.8 Å². The van der Waals surface area contributed by atoms with Crippen LogP contribution >= 0.6 is 23.4 Å². The molecule has 1 unspecified atom stereocenters.